The maximum Gasteiger partial charge on any atom is 0.292 e. The fourth-order valence-corrected chi connectivity index (χ4v) is 4.30. The van der Waals surface area contributed by atoms with E-state index >= 15 is 0 Å². The van der Waals surface area contributed by atoms with Crippen LogP contribution < -0.4 is 10.0 Å². The van der Waals surface area contributed by atoms with Gasteiger partial charge in [0.15, 0.2) is 0 Å². The van der Waals surface area contributed by atoms with Crippen LogP contribution in [0, 0.1) is 13.8 Å². The van der Waals surface area contributed by atoms with Crippen molar-refractivity contribution in [2.24, 2.45) is 0 Å². The van der Waals surface area contributed by atoms with E-state index in [2.05, 4.69) is 10.0 Å². The number of rotatable bonds is 3. The van der Waals surface area contributed by atoms with E-state index < -0.39 is 21.7 Å². The second-order valence-corrected chi connectivity index (χ2v) is 7.98. The molecule has 2 N–H and O–H groups in total. The summed E-state index contributed by atoms with van der Waals surface area (Å²) in [6.45, 7) is 3.39. The standard InChI is InChI=1S/C17H15ClN2O4S/c1-9-6-12(18)3-4-13(9)20-25(23,24)16-8-14-11(5-10(16)2)7-15(21)17(22)19-14/h3-6,8,20H,7H2,1-2H3,(H,19,22). The van der Waals surface area contributed by atoms with Gasteiger partial charge in [-0.05, 0) is 54.8 Å². The third kappa shape index (κ3) is 3.38. The van der Waals surface area contributed by atoms with Gasteiger partial charge in [0, 0.05) is 17.1 Å². The summed E-state index contributed by atoms with van der Waals surface area (Å²) in [5, 5.41) is 2.95. The Morgan fingerprint density at radius 2 is 1.80 bits per heavy atom. The van der Waals surface area contributed by atoms with Crippen molar-refractivity contribution in [2.45, 2.75) is 25.2 Å². The zero-order valence-electron chi connectivity index (χ0n) is 13.5. The highest BCUT2D eigenvalue weighted by Gasteiger charge is 2.27. The number of hydrogen-bond donors (Lipinski definition) is 2. The Balaban J connectivity index is 2.01. The number of carbonyl (C=O) groups excluding carboxylic acids is 2. The summed E-state index contributed by atoms with van der Waals surface area (Å²) in [7, 11) is -3.87. The molecule has 0 fully saturated rings. The fraction of sp³-hybridized carbons (Fsp3) is 0.176. The molecule has 2 aromatic rings. The third-order valence-corrected chi connectivity index (χ3v) is 5.72. The number of sulfonamides is 1. The van der Waals surface area contributed by atoms with E-state index in [1.807, 2.05) is 0 Å². The molecule has 3 rings (SSSR count). The van der Waals surface area contributed by atoms with E-state index in [1.54, 1.807) is 38.1 Å². The molecular weight excluding hydrogens is 364 g/mol. The van der Waals surface area contributed by atoms with Crippen LogP contribution in [0.5, 0.6) is 0 Å². The van der Waals surface area contributed by atoms with Crippen molar-refractivity contribution in [2.75, 3.05) is 10.0 Å². The molecule has 0 bridgehead atoms. The van der Waals surface area contributed by atoms with E-state index in [0.717, 1.165) is 0 Å². The molecule has 1 heterocycles. The van der Waals surface area contributed by atoms with Crippen molar-refractivity contribution in [3.05, 3.63) is 52.0 Å². The molecule has 1 aliphatic rings. The SMILES string of the molecule is Cc1cc(Cl)ccc1NS(=O)(=O)c1cc2c(cc1C)CC(=O)C(=O)N2. The molecule has 0 saturated carbocycles. The maximum absolute atomic E-state index is 12.8. The molecule has 0 spiro atoms. The molecule has 6 nitrogen and oxygen atoms in total. The third-order valence-electron chi connectivity index (χ3n) is 3.98. The minimum Gasteiger partial charge on any atom is -0.319 e. The summed E-state index contributed by atoms with van der Waals surface area (Å²) in [4.78, 5) is 23.1. The lowest BCUT2D eigenvalue weighted by molar-refractivity contribution is -0.134. The smallest absolute Gasteiger partial charge is 0.292 e. The van der Waals surface area contributed by atoms with Crippen LogP contribution in [0.15, 0.2) is 35.2 Å². The summed E-state index contributed by atoms with van der Waals surface area (Å²) in [6.07, 6.45) is -0.0357. The van der Waals surface area contributed by atoms with Crippen molar-refractivity contribution in [3.8, 4) is 0 Å². The van der Waals surface area contributed by atoms with Gasteiger partial charge >= 0.3 is 0 Å². The minimum atomic E-state index is -3.87. The molecule has 2 aromatic carbocycles. The van der Waals surface area contributed by atoms with Crippen molar-refractivity contribution < 1.29 is 18.0 Å². The first-order valence-corrected chi connectivity index (χ1v) is 9.30. The number of hydrogen-bond acceptors (Lipinski definition) is 4. The van der Waals surface area contributed by atoms with Gasteiger partial charge in [0.05, 0.1) is 10.6 Å². The number of carbonyl (C=O) groups is 2. The Morgan fingerprint density at radius 3 is 2.48 bits per heavy atom. The fourth-order valence-electron chi connectivity index (χ4n) is 2.69. The van der Waals surface area contributed by atoms with Crippen LogP contribution in [0.4, 0.5) is 11.4 Å². The van der Waals surface area contributed by atoms with Crippen LogP contribution >= 0.6 is 11.6 Å². The van der Waals surface area contributed by atoms with Gasteiger partial charge in [-0.3, -0.25) is 14.3 Å². The van der Waals surface area contributed by atoms with Gasteiger partial charge < -0.3 is 5.32 Å². The monoisotopic (exact) mass is 378 g/mol. The largest absolute Gasteiger partial charge is 0.319 e. The van der Waals surface area contributed by atoms with Gasteiger partial charge in [-0.2, -0.15) is 0 Å². The first-order valence-electron chi connectivity index (χ1n) is 7.44. The van der Waals surface area contributed by atoms with Crippen molar-refractivity contribution in [1.82, 2.24) is 0 Å². The van der Waals surface area contributed by atoms with Crippen LogP contribution in [0.2, 0.25) is 5.02 Å². The second-order valence-electron chi connectivity index (χ2n) is 5.89. The summed E-state index contributed by atoms with van der Waals surface area (Å²) in [5.41, 5.74) is 2.53. The Labute approximate surface area is 150 Å². The lowest BCUT2D eigenvalue weighted by atomic mass is 10.00. The van der Waals surface area contributed by atoms with Crippen molar-refractivity contribution in [1.29, 1.82) is 0 Å². The molecule has 25 heavy (non-hydrogen) atoms. The Bertz CT molecular complexity index is 1020. The summed E-state index contributed by atoms with van der Waals surface area (Å²) >= 11 is 5.89. The van der Waals surface area contributed by atoms with E-state index in [1.165, 1.54) is 6.07 Å². The zero-order valence-corrected chi connectivity index (χ0v) is 15.1. The topological polar surface area (TPSA) is 92.3 Å². The van der Waals surface area contributed by atoms with Gasteiger partial charge in [0.2, 0.25) is 5.78 Å². The highest BCUT2D eigenvalue weighted by Crippen LogP contribution is 2.30. The summed E-state index contributed by atoms with van der Waals surface area (Å²) < 4.78 is 28.1. The molecule has 0 aliphatic carbocycles. The van der Waals surface area contributed by atoms with E-state index in [-0.39, 0.29) is 11.3 Å². The van der Waals surface area contributed by atoms with E-state index in [9.17, 15) is 18.0 Å². The molecule has 0 atom stereocenters. The zero-order chi connectivity index (χ0) is 18.4. The number of nitrogens with one attached hydrogen (secondary N) is 2. The number of amides is 1. The number of benzene rings is 2. The highest BCUT2D eigenvalue weighted by atomic mass is 35.5. The van der Waals surface area contributed by atoms with E-state index in [4.69, 9.17) is 11.6 Å². The van der Waals surface area contributed by atoms with E-state index in [0.29, 0.717) is 33.1 Å². The van der Waals surface area contributed by atoms with Gasteiger partial charge in [-0.1, -0.05) is 17.7 Å². The van der Waals surface area contributed by atoms with Gasteiger partial charge in [-0.15, -0.1) is 0 Å². The molecule has 0 saturated heterocycles. The lowest BCUT2D eigenvalue weighted by Gasteiger charge is -2.19. The first kappa shape index (κ1) is 17.4. The maximum atomic E-state index is 12.8. The van der Waals surface area contributed by atoms with Crippen molar-refractivity contribution >= 4 is 44.7 Å². The minimum absolute atomic E-state index is 0.0357. The van der Waals surface area contributed by atoms with Crippen molar-refractivity contribution in [3.63, 3.8) is 0 Å². The van der Waals surface area contributed by atoms with Gasteiger partial charge in [-0.25, -0.2) is 8.42 Å². The molecule has 0 unspecified atom stereocenters. The predicted octanol–water partition coefficient (Wildman–Crippen LogP) is 2.82. The molecule has 1 aliphatic heterocycles. The van der Waals surface area contributed by atoms with Crippen LogP contribution in [-0.2, 0) is 26.0 Å². The highest BCUT2D eigenvalue weighted by molar-refractivity contribution is 7.92. The Morgan fingerprint density at radius 1 is 1.08 bits per heavy atom. The predicted molar refractivity (Wildman–Crippen MR) is 95.5 cm³/mol. The van der Waals surface area contributed by atoms with Crippen LogP contribution in [0.1, 0.15) is 16.7 Å². The lowest BCUT2D eigenvalue weighted by Crippen LogP contribution is -2.30. The summed E-state index contributed by atoms with van der Waals surface area (Å²) in [5.74, 6) is -1.28. The average Bonchev–Trinajstić information content (AvgIpc) is 2.51. The molecular formula is C17H15ClN2O4S. The number of anilines is 2. The Kier molecular flexibility index (Phi) is 4.30. The number of Topliss-reactive ketones (excluding diaryl/α,β-unsaturated/α-hetero) is 1. The first-order chi connectivity index (χ1) is 11.7. The van der Waals surface area contributed by atoms with Crippen LogP contribution in [-0.4, -0.2) is 20.1 Å². The quantitative estimate of drug-likeness (QED) is 0.803. The molecule has 130 valence electrons. The van der Waals surface area contributed by atoms with Gasteiger partial charge in [0.25, 0.3) is 15.9 Å². The van der Waals surface area contributed by atoms with Crippen LogP contribution in [0.25, 0.3) is 0 Å². The summed E-state index contributed by atoms with van der Waals surface area (Å²) in [6, 6.07) is 7.82. The number of fused-ring (bicyclic) bond motifs is 1. The Hall–Kier alpha value is -2.38. The number of halogens is 1. The van der Waals surface area contributed by atoms with Gasteiger partial charge in [0.1, 0.15) is 0 Å². The normalized spacial score (nSPS) is 14.0. The molecule has 1 amide bonds. The number of aryl methyl sites for hydroxylation is 2. The molecule has 0 aromatic heterocycles. The van der Waals surface area contributed by atoms with Crippen LogP contribution in [0.3, 0.4) is 0 Å². The number of ketones is 1. The average molecular weight is 379 g/mol. The second kappa shape index (κ2) is 6.16. The molecule has 8 heteroatoms. The molecule has 0 radical (unpaired) electrons.